The van der Waals surface area contributed by atoms with Crippen LogP contribution in [0.1, 0.15) is 33.1 Å². The Morgan fingerprint density at radius 2 is 2.07 bits per heavy atom. The molecule has 0 aliphatic rings. The van der Waals surface area contributed by atoms with Crippen molar-refractivity contribution in [2.24, 2.45) is 0 Å². The summed E-state index contributed by atoms with van der Waals surface area (Å²) in [5, 5.41) is 9.62. The van der Waals surface area contributed by atoms with Crippen LogP contribution in [0.2, 0.25) is 5.28 Å². The predicted octanol–water partition coefficient (Wildman–Crippen LogP) is 3.25. The number of aryl methyl sites for hydroxylation is 2. The van der Waals surface area contributed by atoms with Crippen molar-refractivity contribution < 1.29 is 22.5 Å². The fraction of sp³-hybridized carbons (Fsp3) is 0.267. The maximum atomic E-state index is 13.1. The van der Waals surface area contributed by atoms with Crippen molar-refractivity contribution in [2.75, 3.05) is 5.32 Å². The summed E-state index contributed by atoms with van der Waals surface area (Å²) in [6.07, 6.45) is -1.36. The van der Waals surface area contributed by atoms with E-state index in [1.165, 1.54) is 17.1 Å². The number of alkyl halides is 3. The van der Waals surface area contributed by atoms with Gasteiger partial charge < -0.3 is 9.84 Å². The van der Waals surface area contributed by atoms with Crippen LogP contribution in [0.15, 0.2) is 23.1 Å². The molecule has 0 saturated carbocycles. The molecule has 142 valence electrons. The number of anilines is 1. The number of nitrogens with one attached hydrogen (secondary N) is 1. The van der Waals surface area contributed by atoms with Gasteiger partial charge in [-0.1, -0.05) is 5.16 Å². The standard InChI is InChI=1S/C15H12ClF3N6O2/c1-7-11(8(2)27-24-7)6-25-5-9(3-21-25)22-13(26)10-4-20-14(16)23-12(10)15(17,18)19/h3-5H,6H2,1-2H3,(H,22,26). The normalized spacial score (nSPS) is 11.6. The van der Waals surface area contributed by atoms with Gasteiger partial charge in [0.15, 0.2) is 5.69 Å². The molecule has 3 heterocycles. The van der Waals surface area contributed by atoms with Crippen molar-refractivity contribution >= 4 is 23.2 Å². The molecule has 12 heteroatoms. The highest BCUT2D eigenvalue weighted by Crippen LogP contribution is 2.31. The van der Waals surface area contributed by atoms with Crippen molar-refractivity contribution in [3.05, 3.63) is 52.1 Å². The van der Waals surface area contributed by atoms with E-state index in [1.54, 1.807) is 13.8 Å². The number of halogens is 4. The molecule has 1 amide bonds. The second kappa shape index (κ2) is 6.99. The number of carbonyl (C=O) groups excluding carboxylic acids is 1. The van der Waals surface area contributed by atoms with Crippen LogP contribution < -0.4 is 5.32 Å². The zero-order valence-corrected chi connectivity index (χ0v) is 14.8. The molecule has 0 fully saturated rings. The van der Waals surface area contributed by atoms with E-state index >= 15 is 0 Å². The Morgan fingerprint density at radius 1 is 1.33 bits per heavy atom. The third-order valence-electron chi connectivity index (χ3n) is 3.66. The minimum atomic E-state index is -4.85. The van der Waals surface area contributed by atoms with Gasteiger partial charge >= 0.3 is 6.18 Å². The van der Waals surface area contributed by atoms with Crippen LogP contribution in [0.5, 0.6) is 0 Å². The summed E-state index contributed by atoms with van der Waals surface area (Å²) in [5.41, 5.74) is -0.438. The van der Waals surface area contributed by atoms with Gasteiger partial charge in [-0.25, -0.2) is 9.97 Å². The SMILES string of the molecule is Cc1noc(C)c1Cn1cc(NC(=O)c2cnc(Cl)nc2C(F)(F)F)cn1. The number of aromatic nitrogens is 5. The Labute approximate surface area is 155 Å². The molecule has 3 aromatic rings. The van der Waals surface area contributed by atoms with Gasteiger partial charge in [0, 0.05) is 18.0 Å². The van der Waals surface area contributed by atoms with E-state index in [0.717, 1.165) is 11.8 Å². The van der Waals surface area contributed by atoms with E-state index in [-0.39, 0.29) is 5.69 Å². The monoisotopic (exact) mass is 400 g/mol. The molecule has 1 N–H and O–H groups in total. The van der Waals surface area contributed by atoms with Gasteiger partial charge in [-0.05, 0) is 25.4 Å². The zero-order chi connectivity index (χ0) is 19.8. The van der Waals surface area contributed by atoms with Crippen LogP contribution >= 0.6 is 11.6 Å². The second-order valence-electron chi connectivity index (χ2n) is 5.58. The average Bonchev–Trinajstić information content (AvgIpc) is 3.15. The minimum absolute atomic E-state index is 0.204. The van der Waals surface area contributed by atoms with Gasteiger partial charge in [-0.15, -0.1) is 0 Å². The van der Waals surface area contributed by atoms with Crippen molar-refractivity contribution in [3.63, 3.8) is 0 Å². The largest absolute Gasteiger partial charge is 0.434 e. The predicted molar refractivity (Wildman–Crippen MR) is 87.3 cm³/mol. The highest BCUT2D eigenvalue weighted by atomic mass is 35.5. The Bertz CT molecular complexity index is 978. The zero-order valence-electron chi connectivity index (χ0n) is 14.0. The minimum Gasteiger partial charge on any atom is -0.361 e. The molecule has 0 radical (unpaired) electrons. The third-order valence-corrected chi connectivity index (χ3v) is 3.85. The van der Waals surface area contributed by atoms with E-state index < -0.39 is 28.6 Å². The van der Waals surface area contributed by atoms with Gasteiger partial charge in [-0.2, -0.15) is 18.3 Å². The number of rotatable bonds is 4. The third kappa shape index (κ3) is 4.08. The molecule has 0 unspecified atom stereocenters. The molecular weight excluding hydrogens is 389 g/mol. The number of nitrogens with zero attached hydrogens (tertiary/aromatic N) is 5. The van der Waals surface area contributed by atoms with Gasteiger partial charge in [0.1, 0.15) is 5.76 Å². The van der Waals surface area contributed by atoms with E-state index in [4.69, 9.17) is 16.1 Å². The van der Waals surface area contributed by atoms with E-state index in [0.29, 0.717) is 18.0 Å². The first-order valence-corrected chi connectivity index (χ1v) is 7.88. The van der Waals surface area contributed by atoms with Crippen molar-refractivity contribution in [1.29, 1.82) is 0 Å². The molecule has 8 nitrogen and oxygen atoms in total. The van der Waals surface area contributed by atoms with Gasteiger partial charge in [-0.3, -0.25) is 9.48 Å². The Balaban J connectivity index is 1.79. The Morgan fingerprint density at radius 3 is 2.70 bits per heavy atom. The highest BCUT2D eigenvalue weighted by Gasteiger charge is 2.38. The molecule has 27 heavy (non-hydrogen) atoms. The first-order chi connectivity index (χ1) is 12.6. The summed E-state index contributed by atoms with van der Waals surface area (Å²) in [4.78, 5) is 18.8. The molecule has 3 rings (SSSR count). The first-order valence-electron chi connectivity index (χ1n) is 7.50. The van der Waals surface area contributed by atoms with Crippen molar-refractivity contribution in [3.8, 4) is 0 Å². The van der Waals surface area contributed by atoms with Gasteiger partial charge in [0.25, 0.3) is 5.91 Å². The summed E-state index contributed by atoms with van der Waals surface area (Å²) < 4.78 is 45.7. The maximum Gasteiger partial charge on any atom is 0.434 e. The smallest absolute Gasteiger partial charge is 0.361 e. The average molecular weight is 401 g/mol. The molecule has 3 aromatic heterocycles. The van der Waals surface area contributed by atoms with E-state index in [1.807, 2.05) is 0 Å². The number of hydrogen-bond acceptors (Lipinski definition) is 6. The molecule has 0 bridgehead atoms. The van der Waals surface area contributed by atoms with E-state index in [9.17, 15) is 18.0 Å². The van der Waals surface area contributed by atoms with Crippen molar-refractivity contribution in [1.82, 2.24) is 24.9 Å². The van der Waals surface area contributed by atoms with Crippen LogP contribution in [0.4, 0.5) is 18.9 Å². The Kier molecular flexibility index (Phi) is 4.87. The lowest BCUT2D eigenvalue weighted by molar-refractivity contribution is -0.141. The van der Waals surface area contributed by atoms with Gasteiger partial charge in [0.05, 0.1) is 29.7 Å². The van der Waals surface area contributed by atoms with Crippen LogP contribution in [-0.2, 0) is 12.7 Å². The summed E-state index contributed by atoms with van der Waals surface area (Å²) in [5.74, 6) is -0.405. The number of amides is 1. The molecule has 0 aromatic carbocycles. The summed E-state index contributed by atoms with van der Waals surface area (Å²) in [7, 11) is 0. The van der Waals surface area contributed by atoms with Crippen LogP contribution in [0, 0.1) is 13.8 Å². The molecule has 0 atom stereocenters. The van der Waals surface area contributed by atoms with Crippen LogP contribution in [-0.4, -0.2) is 30.8 Å². The first kappa shape index (κ1) is 18.8. The summed E-state index contributed by atoms with van der Waals surface area (Å²) >= 11 is 5.40. The highest BCUT2D eigenvalue weighted by molar-refractivity contribution is 6.28. The fourth-order valence-corrected chi connectivity index (χ4v) is 2.48. The maximum absolute atomic E-state index is 13.1. The molecular formula is C15H12ClF3N6O2. The Hall–Kier alpha value is -2.95. The fourth-order valence-electron chi connectivity index (χ4n) is 2.35. The lowest BCUT2D eigenvalue weighted by Crippen LogP contribution is -2.20. The van der Waals surface area contributed by atoms with Crippen molar-refractivity contribution in [2.45, 2.75) is 26.6 Å². The lowest BCUT2D eigenvalue weighted by atomic mass is 10.2. The summed E-state index contributed by atoms with van der Waals surface area (Å²) in [6, 6.07) is 0. The second-order valence-corrected chi connectivity index (χ2v) is 5.92. The summed E-state index contributed by atoms with van der Waals surface area (Å²) in [6.45, 7) is 3.85. The number of carbonyl (C=O) groups is 1. The number of hydrogen-bond donors (Lipinski definition) is 1. The van der Waals surface area contributed by atoms with Gasteiger partial charge in [0.2, 0.25) is 5.28 Å². The van der Waals surface area contributed by atoms with Crippen LogP contribution in [0.3, 0.4) is 0 Å². The van der Waals surface area contributed by atoms with Crippen LogP contribution in [0.25, 0.3) is 0 Å². The molecule has 0 saturated heterocycles. The quantitative estimate of drug-likeness (QED) is 0.675. The molecule has 0 spiro atoms. The lowest BCUT2D eigenvalue weighted by Gasteiger charge is -2.10. The topological polar surface area (TPSA) is 98.7 Å². The molecule has 0 aliphatic carbocycles. The van der Waals surface area contributed by atoms with E-state index in [2.05, 4.69) is 25.5 Å². The molecule has 0 aliphatic heterocycles.